The Kier molecular flexibility index (Phi) is 3.97. The van der Waals surface area contributed by atoms with Gasteiger partial charge in [-0.05, 0) is 48.6 Å². The number of fused-ring (bicyclic) bond motifs is 1. The zero-order valence-electron chi connectivity index (χ0n) is 11.5. The van der Waals surface area contributed by atoms with E-state index < -0.39 is 5.97 Å². The molecule has 0 amide bonds. The number of anilines is 1. The molecule has 1 aliphatic rings. The SMILES string of the molecule is O=C(O)c1cc(Br)ccc1NC1CCCc2ccccc21. The molecule has 4 heteroatoms. The molecular formula is C17H16BrNO2. The van der Waals surface area contributed by atoms with Gasteiger partial charge in [0.25, 0.3) is 0 Å². The van der Waals surface area contributed by atoms with Gasteiger partial charge < -0.3 is 10.4 Å². The minimum atomic E-state index is -0.914. The molecule has 0 heterocycles. The Hall–Kier alpha value is -1.81. The van der Waals surface area contributed by atoms with E-state index in [4.69, 9.17) is 0 Å². The molecule has 0 radical (unpaired) electrons. The summed E-state index contributed by atoms with van der Waals surface area (Å²) in [5.74, 6) is -0.914. The Bertz CT molecular complexity index is 684. The van der Waals surface area contributed by atoms with Crippen molar-refractivity contribution < 1.29 is 9.90 Å². The van der Waals surface area contributed by atoms with Gasteiger partial charge in [-0.1, -0.05) is 40.2 Å². The maximum Gasteiger partial charge on any atom is 0.337 e. The van der Waals surface area contributed by atoms with Gasteiger partial charge in [-0.25, -0.2) is 4.79 Å². The Morgan fingerprint density at radius 1 is 1.24 bits per heavy atom. The second kappa shape index (κ2) is 5.90. The zero-order valence-corrected chi connectivity index (χ0v) is 13.1. The van der Waals surface area contributed by atoms with Crippen molar-refractivity contribution in [3.63, 3.8) is 0 Å². The molecule has 0 spiro atoms. The fourth-order valence-electron chi connectivity index (χ4n) is 2.91. The first kappa shape index (κ1) is 14.1. The van der Waals surface area contributed by atoms with Crippen LogP contribution < -0.4 is 5.32 Å². The molecule has 2 aromatic carbocycles. The normalized spacial score (nSPS) is 17.1. The lowest BCUT2D eigenvalue weighted by Gasteiger charge is -2.27. The minimum Gasteiger partial charge on any atom is -0.478 e. The van der Waals surface area contributed by atoms with E-state index in [-0.39, 0.29) is 6.04 Å². The van der Waals surface area contributed by atoms with Crippen molar-refractivity contribution in [3.8, 4) is 0 Å². The molecule has 2 aromatic rings. The predicted molar refractivity (Wildman–Crippen MR) is 86.8 cm³/mol. The van der Waals surface area contributed by atoms with Crippen molar-refractivity contribution in [2.45, 2.75) is 25.3 Å². The van der Waals surface area contributed by atoms with Gasteiger partial charge in [-0.3, -0.25) is 0 Å². The fraction of sp³-hybridized carbons (Fsp3) is 0.235. The highest BCUT2D eigenvalue weighted by Gasteiger charge is 2.21. The summed E-state index contributed by atoms with van der Waals surface area (Å²) in [5.41, 5.74) is 3.61. The first-order valence-electron chi connectivity index (χ1n) is 7.02. The number of carbonyl (C=O) groups is 1. The standard InChI is InChI=1S/C17H16BrNO2/c18-12-8-9-16(14(10-12)17(20)21)19-15-7-3-5-11-4-1-2-6-13(11)15/h1-2,4,6,8-10,15,19H,3,5,7H2,(H,20,21). The van der Waals surface area contributed by atoms with Crippen LogP contribution in [0.2, 0.25) is 0 Å². The quantitative estimate of drug-likeness (QED) is 0.851. The van der Waals surface area contributed by atoms with Crippen LogP contribution >= 0.6 is 15.9 Å². The molecular weight excluding hydrogens is 330 g/mol. The monoisotopic (exact) mass is 345 g/mol. The molecule has 0 aromatic heterocycles. The minimum absolute atomic E-state index is 0.175. The van der Waals surface area contributed by atoms with Gasteiger partial charge in [-0.2, -0.15) is 0 Å². The van der Waals surface area contributed by atoms with E-state index in [1.165, 1.54) is 11.1 Å². The highest BCUT2D eigenvalue weighted by molar-refractivity contribution is 9.10. The zero-order chi connectivity index (χ0) is 14.8. The lowest BCUT2D eigenvalue weighted by molar-refractivity contribution is 0.0698. The van der Waals surface area contributed by atoms with E-state index in [0.717, 1.165) is 23.7 Å². The van der Waals surface area contributed by atoms with E-state index >= 15 is 0 Å². The van der Waals surface area contributed by atoms with Crippen LogP contribution in [-0.2, 0) is 6.42 Å². The fourth-order valence-corrected chi connectivity index (χ4v) is 3.27. The second-order valence-electron chi connectivity index (χ2n) is 5.28. The Labute approximate surface area is 132 Å². The molecule has 0 fully saturated rings. The summed E-state index contributed by atoms with van der Waals surface area (Å²) in [7, 11) is 0. The predicted octanol–water partition coefficient (Wildman–Crippen LogP) is 4.64. The summed E-state index contributed by atoms with van der Waals surface area (Å²) in [4.78, 5) is 11.4. The van der Waals surface area contributed by atoms with Crippen LogP contribution in [0.15, 0.2) is 46.9 Å². The van der Waals surface area contributed by atoms with Crippen LogP contribution in [0, 0.1) is 0 Å². The van der Waals surface area contributed by atoms with Crippen LogP contribution in [-0.4, -0.2) is 11.1 Å². The highest BCUT2D eigenvalue weighted by atomic mass is 79.9. The Morgan fingerprint density at radius 2 is 2.05 bits per heavy atom. The van der Waals surface area contributed by atoms with Crippen LogP contribution in [0.3, 0.4) is 0 Å². The first-order valence-corrected chi connectivity index (χ1v) is 7.81. The number of hydrogen-bond donors (Lipinski definition) is 2. The molecule has 1 aliphatic carbocycles. The van der Waals surface area contributed by atoms with Gasteiger partial charge >= 0.3 is 5.97 Å². The van der Waals surface area contributed by atoms with Gasteiger partial charge in [-0.15, -0.1) is 0 Å². The number of hydrogen-bond acceptors (Lipinski definition) is 2. The van der Waals surface area contributed by atoms with Crippen LogP contribution in [0.4, 0.5) is 5.69 Å². The van der Waals surface area contributed by atoms with Crippen LogP contribution in [0.1, 0.15) is 40.4 Å². The largest absolute Gasteiger partial charge is 0.478 e. The lowest BCUT2D eigenvalue weighted by atomic mass is 9.87. The maximum absolute atomic E-state index is 11.4. The number of nitrogens with one attached hydrogen (secondary N) is 1. The van der Waals surface area contributed by atoms with Crippen molar-refractivity contribution in [1.82, 2.24) is 0 Å². The molecule has 2 N–H and O–H groups in total. The smallest absolute Gasteiger partial charge is 0.337 e. The summed E-state index contributed by atoms with van der Waals surface area (Å²) in [6, 6.07) is 13.9. The second-order valence-corrected chi connectivity index (χ2v) is 6.20. The molecule has 108 valence electrons. The summed E-state index contributed by atoms with van der Waals surface area (Å²) in [6.07, 6.45) is 3.24. The number of rotatable bonds is 3. The molecule has 0 aliphatic heterocycles. The summed E-state index contributed by atoms with van der Waals surface area (Å²) < 4.78 is 0.773. The van der Waals surface area contributed by atoms with Crippen molar-refractivity contribution in [1.29, 1.82) is 0 Å². The average molecular weight is 346 g/mol. The van der Waals surface area contributed by atoms with E-state index in [9.17, 15) is 9.90 Å². The number of aromatic carboxylic acids is 1. The molecule has 21 heavy (non-hydrogen) atoms. The molecule has 0 saturated carbocycles. The molecule has 1 atom stereocenters. The van der Waals surface area contributed by atoms with E-state index in [1.807, 2.05) is 18.2 Å². The van der Waals surface area contributed by atoms with Crippen LogP contribution in [0.25, 0.3) is 0 Å². The van der Waals surface area contributed by atoms with E-state index in [1.54, 1.807) is 6.07 Å². The van der Waals surface area contributed by atoms with E-state index in [2.05, 4.69) is 39.4 Å². The summed E-state index contributed by atoms with van der Waals surface area (Å²) >= 11 is 3.32. The van der Waals surface area contributed by atoms with E-state index in [0.29, 0.717) is 11.3 Å². The van der Waals surface area contributed by atoms with Crippen molar-refractivity contribution in [3.05, 3.63) is 63.6 Å². The number of benzene rings is 2. The number of carboxylic acids is 1. The van der Waals surface area contributed by atoms with Gasteiger partial charge in [0, 0.05) is 10.2 Å². The number of carboxylic acid groups (broad SMARTS) is 1. The van der Waals surface area contributed by atoms with Gasteiger partial charge in [0.1, 0.15) is 0 Å². The molecule has 0 saturated heterocycles. The van der Waals surface area contributed by atoms with Gasteiger partial charge in [0.15, 0.2) is 0 Å². The van der Waals surface area contributed by atoms with Crippen LogP contribution in [0.5, 0.6) is 0 Å². The van der Waals surface area contributed by atoms with Gasteiger partial charge in [0.05, 0.1) is 11.6 Å². The lowest BCUT2D eigenvalue weighted by Crippen LogP contribution is -2.18. The van der Waals surface area contributed by atoms with Gasteiger partial charge in [0.2, 0.25) is 0 Å². The maximum atomic E-state index is 11.4. The molecule has 0 bridgehead atoms. The summed E-state index contributed by atoms with van der Waals surface area (Å²) in [5, 5.41) is 12.8. The van der Waals surface area contributed by atoms with Crippen molar-refractivity contribution >= 4 is 27.6 Å². The molecule has 1 unspecified atom stereocenters. The third-order valence-electron chi connectivity index (χ3n) is 3.91. The Balaban J connectivity index is 1.93. The highest BCUT2D eigenvalue weighted by Crippen LogP contribution is 2.33. The molecule has 3 rings (SSSR count). The topological polar surface area (TPSA) is 49.3 Å². The third kappa shape index (κ3) is 2.95. The first-order chi connectivity index (χ1) is 10.1. The van der Waals surface area contributed by atoms with Crippen molar-refractivity contribution in [2.24, 2.45) is 0 Å². The van der Waals surface area contributed by atoms with Crippen molar-refractivity contribution in [2.75, 3.05) is 5.32 Å². The third-order valence-corrected chi connectivity index (χ3v) is 4.40. The average Bonchev–Trinajstić information content (AvgIpc) is 2.49. The number of aryl methyl sites for hydroxylation is 1. The Morgan fingerprint density at radius 3 is 2.86 bits per heavy atom. The summed E-state index contributed by atoms with van der Waals surface area (Å²) in [6.45, 7) is 0. The molecule has 3 nitrogen and oxygen atoms in total. The number of halogens is 1.